The van der Waals surface area contributed by atoms with E-state index >= 15 is 0 Å². The van der Waals surface area contributed by atoms with Crippen LogP contribution >= 0.6 is 0 Å². The minimum atomic E-state index is 0.531. The molecule has 1 atom stereocenters. The van der Waals surface area contributed by atoms with Crippen molar-refractivity contribution in [2.45, 2.75) is 38.6 Å². The summed E-state index contributed by atoms with van der Waals surface area (Å²) >= 11 is 0. The molecule has 0 saturated heterocycles. The Labute approximate surface area is 72.4 Å². The molecule has 1 aromatic heterocycles. The summed E-state index contributed by atoms with van der Waals surface area (Å²) in [4.78, 5) is 7.75. The number of rotatable bonds is 2. The zero-order valence-corrected chi connectivity index (χ0v) is 7.43. The Morgan fingerprint density at radius 3 is 3.17 bits per heavy atom. The largest absolute Gasteiger partial charge is 0.345 e. The maximum atomic E-state index is 5.50. The summed E-state index contributed by atoms with van der Waals surface area (Å²) in [5.74, 6) is 1.62. The van der Waals surface area contributed by atoms with E-state index in [4.69, 9.17) is 5.73 Å². The van der Waals surface area contributed by atoms with Crippen molar-refractivity contribution in [2.75, 3.05) is 0 Å². The van der Waals surface area contributed by atoms with E-state index in [2.05, 4.69) is 16.9 Å². The van der Waals surface area contributed by atoms with Crippen molar-refractivity contribution in [3.05, 3.63) is 17.2 Å². The van der Waals surface area contributed by atoms with Gasteiger partial charge in [-0.25, -0.2) is 4.98 Å². The number of nitrogens with one attached hydrogen (secondary N) is 1. The molecule has 0 fully saturated rings. The van der Waals surface area contributed by atoms with Crippen LogP contribution in [0.15, 0.2) is 0 Å². The molecule has 0 bridgehead atoms. The molecule has 1 aliphatic carbocycles. The van der Waals surface area contributed by atoms with Gasteiger partial charge in [0.25, 0.3) is 0 Å². The van der Waals surface area contributed by atoms with Crippen LogP contribution in [0, 0.1) is 0 Å². The van der Waals surface area contributed by atoms with Crippen LogP contribution in [0.4, 0.5) is 0 Å². The third-order valence-corrected chi connectivity index (χ3v) is 2.68. The Balaban J connectivity index is 2.31. The lowest BCUT2D eigenvalue weighted by Gasteiger charge is -2.02. The molecule has 0 radical (unpaired) electrons. The van der Waals surface area contributed by atoms with Crippen molar-refractivity contribution in [1.29, 1.82) is 0 Å². The molecule has 3 heteroatoms. The third kappa shape index (κ3) is 1.05. The van der Waals surface area contributed by atoms with Gasteiger partial charge in [0.05, 0.1) is 12.2 Å². The molecule has 0 amide bonds. The van der Waals surface area contributed by atoms with Gasteiger partial charge in [-0.2, -0.15) is 0 Å². The van der Waals surface area contributed by atoms with Gasteiger partial charge in [-0.05, 0) is 19.3 Å². The Morgan fingerprint density at radius 2 is 2.50 bits per heavy atom. The highest BCUT2D eigenvalue weighted by Gasteiger charge is 2.24. The number of nitrogens with zero attached hydrogens (tertiary/aromatic N) is 1. The fourth-order valence-electron chi connectivity index (χ4n) is 1.96. The predicted octanol–water partition coefficient (Wildman–Crippen LogP) is 1.31. The number of H-pyrrole nitrogens is 1. The maximum absolute atomic E-state index is 5.50. The first-order chi connectivity index (χ1) is 5.85. The number of nitrogens with two attached hydrogens (primary N) is 1. The van der Waals surface area contributed by atoms with Gasteiger partial charge in [-0.3, -0.25) is 0 Å². The fraction of sp³-hybridized carbons (Fsp3) is 0.667. The first kappa shape index (κ1) is 7.80. The number of fused-ring (bicyclic) bond motifs is 1. The van der Waals surface area contributed by atoms with Crippen LogP contribution in [0.3, 0.4) is 0 Å². The number of hydrogen-bond acceptors (Lipinski definition) is 2. The third-order valence-electron chi connectivity index (χ3n) is 2.68. The molecule has 3 N–H and O–H groups in total. The molecule has 2 rings (SSSR count). The summed E-state index contributed by atoms with van der Waals surface area (Å²) in [6.07, 6.45) is 3.61. The maximum Gasteiger partial charge on any atom is 0.120 e. The highest BCUT2D eigenvalue weighted by molar-refractivity contribution is 5.24. The van der Waals surface area contributed by atoms with E-state index in [9.17, 15) is 0 Å². The average molecular weight is 165 g/mol. The molecule has 0 spiro atoms. The molecule has 0 aliphatic heterocycles. The van der Waals surface area contributed by atoms with Crippen LogP contribution in [0.1, 0.15) is 42.9 Å². The molecule has 1 aromatic rings. The molecule has 3 nitrogen and oxygen atoms in total. The van der Waals surface area contributed by atoms with Crippen LogP contribution in [-0.2, 0) is 13.0 Å². The highest BCUT2D eigenvalue weighted by atomic mass is 15.0. The molecule has 0 aromatic carbocycles. The standard InChI is InChI=1S/C9H15N3/c1-2-6-3-4-7-9(6)12-8(5-10)11-7/h6H,2-5,10H2,1H3,(H,11,12). The van der Waals surface area contributed by atoms with Crippen LogP contribution < -0.4 is 5.73 Å². The highest BCUT2D eigenvalue weighted by Crippen LogP contribution is 2.33. The van der Waals surface area contributed by atoms with Crippen molar-refractivity contribution in [3.8, 4) is 0 Å². The van der Waals surface area contributed by atoms with Gasteiger partial charge >= 0.3 is 0 Å². The van der Waals surface area contributed by atoms with Gasteiger partial charge < -0.3 is 10.7 Å². The van der Waals surface area contributed by atoms with Gasteiger partial charge in [0.2, 0.25) is 0 Å². The Morgan fingerprint density at radius 1 is 1.67 bits per heavy atom. The number of aromatic nitrogens is 2. The fourth-order valence-corrected chi connectivity index (χ4v) is 1.96. The second kappa shape index (κ2) is 2.90. The molecule has 0 saturated carbocycles. The van der Waals surface area contributed by atoms with E-state index in [1.807, 2.05) is 0 Å². The normalized spacial score (nSPS) is 21.3. The monoisotopic (exact) mass is 165 g/mol. The minimum absolute atomic E-state index is 0.531. The van der Waals surface area contributed by atoms with Crippen LogP contribution in [0.5, 0.6) is 0 Å². The average Bonchev–Trinajstić information content (AvgIpc) is 2.61. The summed E-state index contributed by atoms with van der Waals surface area (Å²) in [6.45, 7) is 2.75. The molecule has 12 heavy (non-hydrogen) atoms. The van der Waals surface area contributed by atoms with Crippen molar-refractivity contribution in [3.63, 3.8) is 0 Å². The molecule has 1 unspecified atom stereocenters. The first-order valence-corrected chi connectivity index (χ1v) is 4.62. The predicted molar refractivity (Wildman–Crippen MR) is 47.8 cm³/mol. The lowest BCUT2D eigenvalue weighted by molar-refractivity contribution is 0.636. The van der Waals surface area contributed by atoms with E-state index in [1.165, 1.54) is 24.2 Å². The summed E-state index contributed by atoms with van der Waals surface area (Å²) in [5, 5.41) is 0. The molecule has 66 valence electrons. The minimum Gasteiger partial charge on any atom is -0.345 e. The smallest absolute Gasteiger partial charge is 0.120 e. The van der Waals surface area contributed by atoms with Crippen LogP contribution in [-0.4, -0.2) is 9.97 Å². The topological polar surface area (TPSA) is 54.7 Å². The van der Waals surface area contributed by atoms with E-state index in [0.717, 1.165) is 12.2 Å². The Hall–Kier alpha value is -0.830. The molecule has 1 aliphatic rings. The van der Waals surface area contributed by atoms with Gasteiger partial charge in [0.1, 0.15) is 5.82 Å². The molecule has 1 heterocycles. The van der Waals surface area contributed by atoms with Crippen LogP contribution in [0.25, 0.3) is 0 Å². The second-order valence-electron chi connectivity index (χ2n) is 3.40. The van der Waals surface area contributed by atoms with Gasteiger partial charge in [0, 0.05) is 11.6 Å². The molecular weight excluding hydrogens is 150 g/mol. The SMILES string of the molecule is CCC1CCc2[nH]c(CN)nc21. The van der Waals surface area contributed by atoms with Gasteiger partial charge in [0.15, 0.2) is 0 Å². The Bertz CT molecular complexity index is 277. The zero-order chi connectivity index (χ0) is 8.55. The van der Waals surface area contributed by atoms with E-state index in [0.29, 0.717) is 12.5 Å². The number of imidazole rings is 1. The lowest BCUT2D eigenvalue weighted by atomic mass is 10.1. The number of hydrogen-bond donors (Lipinski definition) is 2. The zero-order valence-electron chi connectivity index (χ0n) is 7.43. The lowest BCUT2D eigenvalue weighted by Crippen LogP contribution is -2.00. The number of aryl methyl sites for hydroxylation is 1. The first-order valence-electron chi connectivity index (χ1n) is 4.62. The van der Waals surface area contributed by atoms with E-state index in [1.54, 1.807) is 0 Å². The van der Waals surface area contributed by atoms with E-state index in [-0.39, 0.29) is 0 Å². The van der Waals surface area contributed by atoms with Gasteiger partial charge in [-0.1, -0.05) is 6.92 Å². The summed E-state index contributed by atoms with van der Waals surface area (Å²) in [6, 6.07) is 0. The van der Waals surface area contributed by atoms with Crippen molar-refractivity contribution < 1.29 is 0 Å². The second-order valence-corrected chi connectivity index (χ2v) is 3.40. The van der Waals surface area contributed by atoms with Crippen molar-refractivity contribution in [2.24, 2.45) is 5.73 Å². The van der Waals surface area contributed by atoms with Crippen LogP contribution in [0.2, 0.25) is 0 Å². The van der Waals surface area contributed by atoms with Gasteiger partial charge in [-0.15, -0.1) is 0 Å². The van der Waals surface area contributed by atoms with Crippen molar-refractivity contribution >= 4 is 0 Å². The summed E-state index contributed by atoms with van der Waals surface area (Å²) in [5.41, 5.74) is 8.10. The quantitative estimate of drug-likeness (QED) is 0.694. The molecular formula is C9H15N3. The Kier molecular flexibility index (Phi) is 1.89. The summed E-state index contributed by atoms with van der Waals surface area (Å²) in [7, 11) is 0. The number of aromatic amines is 1. The van der Waals surface area contributed by atoms with E-state index < -0.39 is 0 Å². The summed E-state index contributed by atoms with van der Waals surface area (Å²) < 4.78 is 0. The van der Waals surface area contributed by atoms with Crippen molar-refractivity contribution in [1.82, 2.24) is 9.97 Å².